The van der Waals surface area contributed by atoms with Crippen LogP contribution < -0.4 is 10.4 Å². The molecule has 0 aliphatic heterocycles. The minimum atomic E-state index is -0.522. The molecule has 2 rings (SSSR count). The molecule has 0 aliphatic carbocycles. The van der Waals surface area contributed by atoms with Crippen molar-refractivity contribution in [1.29, 1.82) is 0 Å². The number of methoxy groups -OCH3 is 1. The third kappa shape index (κ3) is 4.12. The lowest BCUT2D eigenvalue weighted by molar-refractivity contribution is -0.151. The van der Waals surface area contributed by atoms with Crippen LogP contribution >= 0.6 is 0 Å². The molecule has 0 bridgehead atoms. The van der Waals surface area contributed by atoms with E-state index in [1.807, 2.05) is 32.9 Å². The van der Waals surface area contributed by atoms with Crippen LogP contribution in [-0.2, 0) is 9.53 Å². The molecule has 0 atom stereocenters. The smallest absolute Gasteiger partial charge is 0.336 e. The number of carbonyl (C=O) groups is 1. The number of carbonyl (C=O) groups excluding carboxylic acids is 1. The highest BCUT2D eigenvalue weighted by Crippen LogP contribution is 2.25. The highest BCUT2D eigenvalue weighted by atomic mass is 16.5. The maximum Gasteiger partial charge on any atom is 0.336 e. The first-order chi connectivity index (χ1) is 10.8. The van der Waals surface area contributed by atoms with Gasteiger partial charge in [-0.1, -0.05) is 0 Å². The van der Waals surface area contributed by atoms with Crippen molar-refractivity contribution >= 4 is 16.9 Å². The fraction of sp³-hybridized carbons (Fsp3) is 0.444. The van der Waals surface area contributed by atoms with Gasteiger partial charge in [0.25, 0.3) is 0 Å². The molecule has 0 N–H and O–H groups in total. The lowest BCUT2D eigenvalue weighted by Crippen LogP contribution is -2.26. The molecule has 124 valence electrons. The second-order valence-electron chi connectivity index (χ2n) is 6.23. The molecular formula is C18H22O5. The van der Waals surface area contributed by atoms with Crippen molar-refractivity contribution < 1.29 is 18.7 Å². The molecule has 0 saturated carbocycles. The molecule has 0 spiro atoms. The standard InChI is InChI=1S/C18H22O5/c1-12-10-16(19)23-15-11-13(6-7-14(12)15)22-9-5-8-18(2,3)17(20)21-4/h6-7,10-11H,5,8-9H2,1-4H3. The second kappa shape index (κ2) is 6.86. The Labute approximate surface area is 135 Å². The summed E-state index contributed by atoms with van der Waals surface area (Å²) in [6, 6.07) is 6.91. The molecule has 0 unspecified atom stereocenters. The number of rotatable bonds is 6. The average molecular weight is 318 g/mol. The van der Waals surface area contributed by atoms with E-state index in [9.17, 15) is 9.59 Å². The minimum Gasteiger partial charge on any atom is -0.493 e. The molecular weight excluding hydrogens is 296 g/mol. The van der Waals surface area contributed by atoms with Crippen molar-refractivity contribution in [3.63, 3.8) is 0 Å². The van der Waals surface area contributed by atoms with Gasteiger partial charge in [-0.15, -0.1) is 0 Å². The summed E-state index contributed by atoms with van der Waals surface area (Å²) in [6.45, 7) is 6.05. The van der Waals surface area contributed by atoms with E-state index in [-0.39, 0.29) is 11.6 Å². The van der Waals surface area contributed by atoms with E-state index in [4.69, 9.17) is 13.9 Å². The molecule has 1 heterocycles. The number of fused-ring (bicyclic) bond motifs is 1. The largest absolute Gasteiger partial charge is 0.493 e. The van der Waals surface area contributed by atoms with Crippen molar-refractivity contribution in [2.24, 2.45) is 5.41 Å². The van der Waals surface area contributed by atoms with Crippen molar-refractivity contribution in [3.8, 4) is 5.75 Å². The number of ether oxygens (including phenoxy) is 2. The van der Waals surface area contributed by atoms with Crippen LogP contribution in [0.2, 0.25) is 0 Å². The Bertz CT molecular complexity index is 758. The maximum absolute atomic E-state index is 11.6. The number of aryl methyl sites for hydroxylation is 1. The molecule has 5 nitrogen and oxygen atoms in total. The van der Waals surface area contributed by atoms with E-state index in [1.54, 1.807) is 6.07 Å². The van der Waals surface area contributed by atoms with Gasteiger partial charge in [-0.25, -0.2) is 4.79 Å². The van der Waals surface area contributed by atoms with Gasteiger partial charge >= 0.3 is 11.6 Å². The quantitative estimate of drug-likeness (QED) is 0.463. The summed E-state index contributed by atoms with van der Waals surface area (Å²) in [6.07, 6.45) is 1.39. The number of esters is 1. The Kier molecular flexibility index (Phi) is 5.08. The number of benzene rings is 1. The lowest BCUT2D eigenvalue weighted by atomic mass is 9.88. The molecule has 2 aromatic rings. The Morgan fingerprint density at radius 3 is 2.70 bits per heavy atom. The van der Waals surface area contributed by atoms with Gasteiger partial charge in [0.05, 0.1) is 19.1 Å². The van der Waals surface area contributed by atoms with Gasteiger partial charge in [0.1, 0.15) is 11.3 Å². The molecule has 0 saturated heterocycles. The fourth-order valence-electron chi connectivity index (χ4n) is 2.48. The lowest BCUT2D eigenvalue weighted by Gasteiger charge is -2.21. The predicted molar refractivity (Wildman–Crippen MR) is 87.7 cm³/mol. The first-order valence-corrected chi connectivity index (χ1v) is 7.59. The zero-order valence-corrected chi connectivity index (χ0v) is 14.0. The summed E-state index contributed by atoms with van der Waals surface area (Å²) in [5.41, 5.74) is 0.503. The van der Waals surface area contributed by atoms with Crippen molar-refractivity contribution in [1.82, 2.24) is 0 Å². The third-order valence-corrected chi connectivity index (χ3v) is 3.88. The van der Waals surface area contributed by atoms with Crippen molar-refractivity contribution in [2.75, 3.05) is 13.7 Å². The van der Waals surface area contributed by atoms with Crippen molar-refractivity contribution in [2.45, 2.75) is 33.6 Å². The summed E-state index contributed by atoms with van der Waals surface area (Å²) in [5.74, 6) is 0.419. The minimum absolute atomic E-state index is 0.222. The monoisotopic (exact) mass is 318 g/mol. The van der Waals surface area contributed by atoms with Crippen LogP contribution in [0.15, 0.2) is 33.5 Å². The molecule has 23 heavy (non-hydrogen) atoms. The highest BCUT2D eigenvalue weighted by molar-refractivity contribution is 5.81. The van der Waals surface area contributed by atoms with Crippen LogP contribution in [0.3, 0.4) is 0 Å². The van der Waals surface area contributed by atoms with Crippen LogP contribution in [0.1, 0.15) is 32.3 Å². The van der Waals surface area contributed by atoms with Gasteiger partial charge in [0.2, 0.25) is 0 Å². The van der Waals surface area contributed by atoms with E-state index < -0.39 is 5.41 Å². The molecule has 0 aliphatic rings. The second-order valence-corrected chi connectivity index (χ2v) is 6.23. The van der Waals surface area contributed by atoms with Gasteiger partial charge < -0.3 is 13.9 Å². The SMILES string of the molecule is COC(=O)C(C)(C)CCCOc1ccc2c(C)cc(=O)oc2c1. The van der Waals surface area contributed by atoms with E-state index in [1.165, 1.54) is 13.2 Å². The molecule has 0 fully saturated rings. The van der Waals surface area contributed by atoms with Crippen LogP contribution in [0.4, 0.5) is 0 Å². The summed E-state index contributed by atoms with van der Waals surface area (Å²) < 4.78 is 15.7. The van der Waals surface area contributed by atoms with Gasteiger partial charge in [-0.2, -0.15) is 0 Å². The number of hydrogen-bond donors (Lipinski definition) is 0. The summed E-state index contributed by atoms with van der Waals surface area (Å²) in [4.78, 5) is 23.0. The molecule has 0 radical (unpaired) electrons. The number of hydrogen-bond acceptors (Lipinski definition) is 5. The molecule has 0 amide bonds. The van der Waals surface area contributed by atoms with E-state index >= 15 is 0 Å². The van der Waals surface area contributed by atoms with E-state index in [0.29, 0.717) is 24.4 Å². The topological polar surface area (TPSA) is 65.7 Å². The van der Waals surface area contributed by atoms with Gasteiger partial charge in [-0.05, 0) is 51.3 Å². The van der Waals surface area contributed by atoms with Gasteiger partial charge in [-0.3, -0.25) is 4.79 Å². The zero-order valence-electron chi connectivity index (χ0n) is 14.0. The van der Waals surface area contributed by atoms with Crippen LogP contribution in [-0.4, -0.2) is 19.7 Å². The first-order valence-electron chi connectivity index (χ1n) is 7.59. The average Bonchev–Trinajstić information content (AvgIpc) is 2.50. The van der Waals surface area contributed by atoms with Crippen LogP contribution in [0, 0.1) is 12.3 Å². The Balaban J connectivity index is 1.98. The summed E-state index contributed by atoms with van der Waals surface area (Å²) in [5, 5.41) is 0.892. The maximum atomic E-state index is 11.6. The van der Waals surface area contributed by atoms with E-state index in [2.05, 4.69) is 0 Å². The summed E-state index contributed by atoms with van der Waals surface area (Å²) >= 11 is 0. The fourth-order valence-corrected chi connectivity index (χ4v) is 2.48. The molecule has 5 heteroatoms. The molecule has 1 aromatic carbocycles. The third-order valence-electron chi connectivity index (χ3n) is 3.88. The van der Waals surface area contributed by atoms with Crippen LogP contribution in [0.5, 0.6) is 5.75 Å². The Morgan fingerprint density at radius 1 is 1.26 bits per heavy atom. The van der Waals surface area contributed by atoms with Crippen LogP contribution in [0.25, 0.3) is 11.0 Å². The normalized spacial score (nSPS) is 11.5. The molecule has 1 aromatic heterocycles. The Morgan fingerprint density at radius 2 is 2.00 bits per heavy atom. The van der Waals surface area contributed by atoms with Gasteiger partial charge in [0.15, 0.2) is 0 Å². The predicted octanol–water partition coefficient (Wildman–Crippen LogP) is 3.46. The highest BCUT2D eigenvalue weighted by Gasteiger charge is 2.27. The summed E-state index contributed by atoms with van der Waals surface area (Å²) in [7, 11) is 1.39. The van der Waals surface area contributed by atoms with Crippen molar-refractivity contribution in [3.05, 3.63) is 40.2 Å². The zero-order chi connectivity index (χ0) is 17.0. The van der Waals surface area contributed by atoms with Gasteiger partial charge in [0, 0.05) is 17.5 Å². The Hall–Kier alpha value is -2.30. The first kappa shape index (κ1) is 17.1. The van der Waals surface area contributed by atoms with E-state index in [0.717, 1.165) is 17.4 Å².